The molecule has 1 fully saturated rings. The number of nitrogens with zero attached hydrogens (tertiary/aromatic N) is 3. The van der Waals surface area contributed by atoms with Crippen molar-refractivity contribution >= 4 is 5.91 Å². The summed E-state index contributed by atoms with van der Waals surface area (Å²) in [6, 6.07) is 0.538. The average molecular weight is 279 g/mol. The van der Waals surface area contributed by atoms with E-state index in [0.29, 0.717) is 6.04 Å². The number of rotatable bonds is 5. The first-order valence-corrected chi connectivity index (χ1v) is 7.45. The van der Waals surface area contributed by atoms with Crippen molar-refractivity contribution in [2.75, 3.05) is 13.1 Å². The van der Waals surface area contributed by atoms with Crippen LogP contribution in [-0.2, 0) is 0 Å². The number of amides is 1. The monoisotopic (exact) mass is 279 g/mol. The van der Waals surface area contributed by atoms with Gasteiger partial charge in [-0.2, -0.15) is 0 Å². The first-order chi connectivity index (χ1) is 9.49. The molecule has 1 aromatic rings. The van der Waals surface area contributed by atoms with Gasteiger partial charge < -0.3 is 10.2 Å². The number of carbonyl (C=O) groups is 1. The predicted molar refractivity (Wildman–Crippen MR) is 77.7 cm³/mol. The van der Waals surface area contributed by atoms with Crippen LogP contribution in [0, 0.1) is 0 Å². The van der Waals surface area contributed by atoms with E-state index in [9.17, 15) is 4.79 Å². The molecule has 0 saturated carbocycles. The van der Waals surface area contributed by atoms with Crippen molar-refractivity contribution in [3.05, 3.63) is 11.6 Å². The van der Waals surface area contributed by atoms with Crippen molar-refractivity contribution in [1.82, 2.24) is 25.4 Å². The van der Waals surface area contributed by atoms with Crippen LogP contribution in [0.2, 0.25) is 0 Å². The van der Waals surface area contributed by atoms with Gasteiger partial charge in [0.15, 0.2) is 0 Å². The Kier molecular flexibility index (Phi) is 4.75. The van der Waals surface area contributed by atoms with E-state index in [0.717, 1.165) is 25.3 Å². The van der Waals surface area contributed by atoms with Crippen LogP contribution in [0.25, 0.3) is 0 Å². The van der Waals surface area contributed by atoms with E-state index in [2.05, 4.69) is 20.5 Å². The van der Waals surface area contributed by atoms with E-state index >= 15 is 0 Å². The van der Waals surface area contributed by atoms with Gasteiger partial charge in [-0.3, -0.25) is 9.89 Å². The SMILES string of the molecule is CC(C)c1nc(C(=O)N(CC2CCCN2)C(C)C)n[nH]1. The maximum Gasteiger partial charge on any atom is 0.293 e. The molecule has 0 spiro atoms. The van der Waals surface area contributed by atoms with Gasteiger partial charge in [-0.15, -0.1) is 5.10 Å². The normalized spacial score (nSPS) is 19.0. The average Bonchev–Trinajstić information content (AvgIpc) is 3.06. The van der Waals surface area contributed by atoms with Crippen LogP contribution in [0.5, 0.6) is 0 Å². The largest absolute Gasteiger partial charge is 0.332 e. The Morgan fingerprint density at radius 3 is 2.65 bits per heavy atom. The van der Waals surface area contributed by atoms with Crippen LogP contribution in [-0.4, -0.2) is 51.2 Å². The zero-order valence-electron chi connectivity index (χ0n) is 12.8. The summed E-state index contributed by atoms with van der Waals surface area (Å²) in [6.45, 7) is 9.88. The Hall–Kier alpha value is -1.43. The Morgan fingerprint density at radius 2 is 2.15 bits per heavy atom. The maximum absolute atomic E-state index is 12.6. The van der Waals surface area contributed by atoms with Gasteiger partial charge in [-0.25, -0.2) is 4.98 Å². The van der Waals surface area contributed by atoms with Gasteiger partial charge in [0, 0.05) is 24.5 Å². The van der Waals surface area contributed by atoms with Crippen LogP contribution < -0.4 is 5.32 Å². The lowest BCUT2D eigenvalue weighted by Gasteiger charge is -2.28. The first kappa shape index (κ1) is 15.0. The highest BCUT2D eigenvalue weighted by Crippen LogP contribution is 2.13. The molecule has 0 aromatic carbocycles. The zero-order valence-corrected chi connectivity index (χ0v) is 12.8. The third-order valence-electron chi connectivity index (χ3n) is 3.70. The minimum absolute atomic E-state index is 0.0862. The molecule has 1 amide bonds. The number of aromatic amines is 1. The Morgan fingerprint density at radius 1 is 1.40 bits per heavy atom. The number of H-pyrrole nitrogens is 1. The lowest BCUT2D eigenvalue weighted by Crippen LogP contribution is -2.45. The highest BCUT2D eigenvalue weighted by atomic mass is 16.2. The number of nitrogens with one attached hydrogen (secondary N) is 2. The van der Waals surface area contributed by atoms with E-state index in [1.54, 1.807) is 0 Å². The van der Waals surface area contributed by atoms with Crippen LogP contribution >= 0.6 is 0 Å². The van der Waals surface area contributed by atoms with Gasteiger partial charge in [-0.1, -0.05) is 13.8 Å². The molecule has 1 aliphatic heterocycles. The van der Waals surface area contributed by atoms with Crippen molar-refractivity contribution in [3.8, 4) is 0 Å². The van der Waals surface area contributed by atoms with Crippen molar-refractivity contribution < 1.29 is 4.79 Å². The lowest BCUT2D eigenvalue weighted by molar-refractivity contribution is 0.0677. The summed E-state index contributed by atoms with van der Waals surface area (Å²) < 4.78 is 0. The number of aromatic nitrogens is 3. The molecule has 0 aliphatic carbocycles. The second-order valence-electron chi connectivity index (χ2n) is 6.04. The molecular weight excluding hydrogens is 254 g/mol. The molecule has 0 bridgehead atoms. The fraction of sp³-hybridized carbons (Fsp3) is 0.786. The van der Waals surface area contributed by atoms with Gasteiger partial charge in [0.25, 0.3) is 5.91 Å². The standard InChI is InChI=1S/C14H25N5O/c1-9(2)12-16-13(18-17-12)14(20)19(10(3)4)8-11-6-5-7-15-11/h9-11,15H,5-8H2,1-4H3,(H,16,17,18). The topological polar surface area (TPSA) is 73.9 Å². The lowest BCUT2D eigenvalue weighted by atomic mass is 10.2. The Labute approximate surface area is 120 Å². The molecule has 2 N–H and O–H groups in total. The molecule has 112 valence electrons. The van der Waals surface area contributed by atoms with Crippen molar-refractivity contribution in [2.45, 2.75) is 58.5 Å². The second kappa shape index (κ2) is 6.35. The molecule has 2 heterocycles. The second-order valence-corrected chi connectivity index (χ2v) is 6.04. The molecule has 6 heteroatoms. The van der Waals surface area contributed by atoms with Gasteiger partial charge in [0.2, 0.25) is 5.82 Å². The quantitative estimate of drug-likeness (QED) is 0.857. The van der Waals surface area contributed by atoms with E-state index in [4.69, 9.17) is 0 Å². The Bertz CT molecular complexity index is 448. The predicted octanol–water partition coefficient (Wildman–Crippen LogP) is 1.53. The molecule has 1 aromatic heterocycles. The molecule has 0 radical (unpaired) electrons. The summed E-state index contributed by atoms with van der Waals surface area (Å²) >= 11 is 0. The van der Waals surface area contributed by atoms with Gasteiger partial charge in [-0.05, 0) is 33.2 Å². The summed E-state index contributed by atoms with van der Waals surface area (Å²) in [5.74, 6) is 1.20. The molecule has 6 nitrogen and oxygen atoms in total. The smallest absolute Gasteiger partial charge is 0.293 e. The van der Waals surface area contributed by atoms with Crippen molar-refractivity contribution in [2.24, 2.45) is 0 Å². The molecule has 1 saturated heterocycles. The van der Waals surface area contributed by atoms with E-state index in [1.165, 1.54) is 6.42 Å². The maximum atomic E-state index is 12.6. The van der Waals surface area contributed by atoms with Crippen LogP contribution in [0.15, 0.2) is 0 Å². The fourth-order valence-electron chi connectivity index (χ4n) is 2.43. The summed E-state index contributed by atoms with van der Waals surface area (Å²) in [5, 5.41) is 10.3. The van der Waals surface area contributed by atoms with Crippen LogP contribution in [0.1, 0.15) is 62.9 Å². The molecular formula is C14H25N5O. The number of hydrogen-bond donors (Lipinski definition) is 2. The third-order valence-corrected chi connectivity index (χ3v) is 3.70. The highest BCUT2D eigenvalue weighted by molar-refractivity contribution is 5.90. The minimum atomic E-state index is -0.0862. The molecule has 2 rings (SSSR count). The number of carbonyl (C=O) groups excluding carboxylic acids is 1. The van der Waals surface area contributed by atoms with E-state index < -0.39 is 0 Å². The highest BCUT2D eigenvalue weighted by Gasteiger charge is 2.27. The van der Waals surface area contributed by atoms with E-state index in [1.807, 2.05) is 32.6 Å². The Balaban J connectivity index is 2.08. The van der Waals surface area contributed by atoms with Gasteiger partial charge in [0.05, 0.1) is 0 Å². The van der Waals surface area contributed by atoms with E-state index in [-0.39, 0.29) is 23.7 Å². The summed E-state index contributed by atoms with van der Waals surface area (Å²) in [6.07, 6.45) is 2.31. The zero-order chi connectivity index (χ0) is 14.7. The molecule has 20 heavy (non-hydrogen) atoms. The summed E-state index contributed by atoms with van der Waals surface area (Å²) in [7, 11) is 0. The number of hydrogen-bond acceptors (Lipinski definition) is 4. The summed E-state index contributed by atoms with van der Waals surface area (Å²) in [4.78, 5) is 18.7. The first-order valence-electron chi connectivity index (χ1n) is 7.45. The van der Waals surface area contributed by atoms with Gasteiger partial charge >= 0.3 is 0 Å². The van der Waals surface area contributed by atoms with Crippen molar-refractivity contribution in [3.63, 3.8) is 0 Å². The molecule has 1 atom stereocenters. The fourth-order valence-corrected chi connectivity index (χ4v) is 2.43. The molecule has 1 unspecified atom stereocenters. The van der Waals surface area contributed by atoms with Crippen molar-refractivity contribution in [1.29, 1.82) is 0 Å². The molecule has 1 aliphatic rings. The summed E-state index contributed by atoms with van der Waals surface area (Å²) in [5.41, 5.74) is 0. The minimum Gasteiger partial charge on any atom is -0.332 e. The van der Waals surface area contributed by atoms with Crippen LogP contribution in [0.4, 0.5) is 0 Å². The van der Waals surface area contributed by atoms with Crippen LogP contribution in [0.3, 0.4) is 0 Å². The van der Waals surface area contributed by atoms with Gasteiger partial charge in [0.1, 0.15) is 5.82 Å². The third kappa shape index (κ3) is 3.36.